The predicted molar refractivity (Wildman–Crippen MR) is 65.5 cm³/mol. The summed E-state index contributed by atoms with van der Waals surface area (Å²) in [5.41, 5.74) is 5.82. The highest BCUT2D eigenvalue weighted by atomic mass is 15.4. The van der Waals surface area contributed by atoms with Crippen molar-refractivity contribution in [2.45, 2.75) is 31.8 Å². The molecule has 90 valence electrons. The van der Waals surface area contributed by atoms with E-state index in [1.54, 1.807) is 0 Å². The van der Waals surface area contributed by atoms with Crippen LogP contribution in [-0.4, -0.2) is 35.0 Å². The Bertz CT molecular complexity index is 334. The number of rotatable bonds is 5. The molecular weight excluding hydrogens is 202 g/mol. The van der Waals surface area contributed by atoms with E-state index in [9.17, 15) is 0 Å². The fraction of sp³-hybridized carbons (Fsp3) is 0.727. The molecule has 16 heavy (non-hydrogen) atoms. The van der Waals surface area contributed by atoms with Gasteiger partial charge in [0.25, 0.3) is 0 Å². The first-order chi connectivity index (χ1) is 7.56. The molecule has 1 aliphatic rings. The fourth-order valence-electron chi connectivity index (χ4n) is 1.70. The molecule has 0 unspecified atom stereocenters. The van der Waals surface area contributed by atoms with Crippen LogP contribution in [0, 0.1) is 0 Å². The van der Waals surface area contributed by atoms with Gasteiger partial charge in [-0.2, -0.15) is 5.10 Å². The molecule has 0 bridgehead atoms. The Balaban J connectivity index is 1.87. The van der Waals surface area contributed by atoms with Gasteiger partial charge in [0, 0.05) is 31.2 Å². The van der Waals surface area contributed by atoms with E-state index in [0.717, 1.165) is 31.9 Å². The molecule has 2 heterocycles. The van der Waals surface area contributed by atoms with Gasteiger partial charge >= 0.3 is 0 Å². The van der Waals surface area contributed by atoms with E-state index in [1.807, 2.05) is 26.1 Å². The van der Waals surface area contributed by atoms with Gasteiger partial charge in [-0.15, -0.1) is 0 Å². The second-order valence-electron chi connectivity index (χ2n) is 5.14. The van der Waals surface area contributed by atoms with Crippen LogP contribution in [0.15, 0.2) is 12.3 Å². The summed E-state index contributed by atoms with van der Waals surface area (Å²) in [6.45, 7) is 7.00. The Labute approximate surface area is 96.4 Å². The number of hydrogen-bond acceptors (Lipinski definition) is 4. The molecule has 0 saturated carbocycles. The average molecular weight is 223 g/mol. The van der Waals surface area contributed by atoms with Gasteiger partial charge in [0.05, 0.1) is 12.2 Å². The third kappa shape index (κ3) is 2.74. The van der Waals surface area contributed by atoms with Crippen LogP contribution in [0.25, 0.3) is 0 Å². The fourth-order valence-corrected chi connectivity index (χ4v) is 1.70. The largest absolute Gasteiger partial charge is 0.370 e. The van der Waals surface area contributed by atoms with Crippen LogP contribution in [0.2, 0.25) is 0 Å². The van der Waals surface area contributed by atoms with Gasteiger partial charge in [-0.1, -0.05) is 0 Å². The predicted octanol–water partition coefficient (Wildman–Crippen LogP) is 0.567. The molecule has 0 aromatic carbocycles. The van der Waals surface area contributed by atoms with Crippen molar-refractivity contribution in [1.29, 1.82) is 0 Å². The van der Waals surface area contributed by atoms with Gasteiger partial charge in [-0.25, -0.2) is 4.68 Å². The van der Waals surface area contributed by atoms with E-state index in [-0.39, 0.29) is 5.54 Å². The number of nitrogens with one attached hydrogen (secondary N) is 2. The third-order valence-electron chi connectivity index (χ3n) is 2.85. The van der Waals surface area contributed by atoms with Gasteiger partial charge in [-0.05, 0) is 20.3 Å². The Hall–Kier alpha value is -1.07. The number of hydrogen-bond donors (Lipinski definition) is 3. The summed E-state index contributed by atoms with van der Waals surface area (Å²) < 4.78 is 2.06. The highest BCUT2D eigenvalue weighted by Crippen LogP contribution is 2.17. The summed E-state index contributed by atoms with van der Waals surface area (Å²) in [6.07, 6.45) is 2.79. The normalized spacial score (nSPS) is 17.2. The van der Waals surface area contributed by atoms with Crippen LogP contribution in [0.5, 0.6) is 0 Å². The van der Waals surface area contributed by atoms with Crippen LogP contribution < -0.4 is 16.4 Å². The maximum atomic E-state index is 5.94. The SMILES string of the molecule is CC(C)(N)CCNc1ccnn1C1CNC1. The lowest BCUT2D eigenvalue weighted by molar-refractivity contribution is 0.321. The summed E-state index contributed by atoms with van der Waals surface area (Å²) in [5.74, 6) is 1.09. The molecule has 0 spiro atoms. The first kappa shape index (κ1) is 11.4. The zero-order valence-electron chi connectivity index (χ0n) is 10.0. The van der Waals surface area contributed by atoms with Crippen molar-refractivity contribution >= 4 is 5.82 Å². The summed E-state index contributed by atoms with van der Waals surface area (Å²) in [7, 11) is 0. The second-order valence-corrected chi connectivity index (χ2v) is 5.14. The molecule has 1 fully saturated rings. The third-order valence-corrected chi connectivity index (χ3v) is 2.85. The quantitative estimate of drug-likeness (QED) is 0.682. The molecular formula is C11H21N5. The van der Waals surface area contributed by atoms with Crippen molar-refractivity contribution in [3.8, 4) is 0 Å². The summed E-state index contributed by atoms with van der Waals surface area (Å²) in [6, 6.07) is 2.52. The maximum Gasteiger partial charge on any atom is 0.124 e. The van der Waals surface area contributed by atoms with Gasteiger partial charge in [0.1, 0.15) is 5.82 Å². The minimum Gasteiger partial charge on any atom is -0.370 e. The Morgan fingerprint density at radius 2 is 2.38 bits per heavy atom. The number of nitrogens with zero attached hydrogens (tertiary/aromatic N) is 2. The molecule has 1 aromatic heterocycles. The Morgan fingerprint density at radius 1 is 1.62 bits per heavy atom. The average Bonchev–Trinajstić information content (AvgIpc) is 2.48. The number of anilines is 1. The molecule has 1 aromatic rings. The summed E-state index contributed by atoms with van der Waals surface area (Å²) >= 11 is 0. The summed E-state index contributed by atoms with van der Waals surface area (Å²) in [4.78, 5) is 0. The number of nitrogens with two attached hydrogens (primary N) is 1. The van der Waals surface area contributed by atoms with Crippen LogP contribution in [0.1, 0.15) is 26.3 Å². The van der Waals surface area contributed by atoms with Crippen molar-refractivity contribution in [3.05, 3.63) is 12.3 Å². The van der Waals surface area contributed by atoms with Crippen molar-refractivity contribution in [2.24, 2.45) is 5.73 Å². The summed E-state index contributed by atoms with van der Waals surface area (Å²) in [5, 5.41) is 11.0. The van der Waals surface area contributed by atoms with Crippen LogP contribution in [-0.2, 0) is 0 Å². The van der Waals surface area contributed by atoms with Crippen molar-refractivity contribution in [2.75, 3.05) is 25.0 Å². The zero-order valence-corrected chi connectivity index (χ0v) is 10.0. The number of aromatic nitrogens is 2. The minimum absolute atomic E-state index is 0.115. The smallest absolute Gasteiger partial charge is 0.124 e. The molecule has 1 saturated heterocycles. The van der Waals surface area contributed by atoms with Crippen LogP contribution in [0.4, 0.5) is 5.82 Å². The Morgan fingerprint density at radius 3 is 2.94 bits per heavy atom. The van der Waals surface area contributed by atoms with E-state index < -0.39 is 0 Å². The first-order valence-electron chi connectivity index (χ1n) is 5.83. The van der Waals surface area contributed by atoms with Gasteiger partial charge in [-0.3, -0.25) is 0 Å². The molecule has 4 N–H and O–H groups in total. The van der Waals surface area contributed by atoms with E-state index >= 15 is 0 Å². The standard InChI is InChI=1S/C11H21N5/c1-11(2,12)4-6-14-10-3-5-15-16(10)9-7-13-8-9/h3,5,9,13-14H,4,6-8,12H2,1-2H3. The first-order valence-corrected chi connectivity index (χ1v) is 5.83. The van der Waals surface area contributed by atoms with Crippen LogP contribution in [0.3, 0.4) is 0 Å². The van der Waals surface area contributed by atoms with Crippen molar-refractivity contribution in [3.63, 3.8) is 0 Å². The van der Waals surface area contributed by atoms with Gasteiger partial charge in [0.15, 0.2) is 0 Å². The van der Waals surface area contributed by atoms with E-state index in [0.29, 0.717) is 6.04 Å². The monoisotopic (exact) mass is 223 g/mol. The molecule has 2 rings (SSSR count). The lowest BCUT2D eigenvalue weighted by Crippen LogP contribution is -2.44. The van der Waals surface area contributed by atoms with E-state index in [1.165, 1.54) is 0 Å². The Kier molecular flexibility index (Phi) is 3.16. The highest BCUT2D eigenvalue weighted by molar-refractivity contribution is 5.34. The minimum atomic E-state index is -0.115. The van der Waals surface area contributed by atoms with Crippen molar-refractivity contribution < 1.29 is 0 Å². The van der Waals surface area contributed by atoms with Crippen LogP contribution >= 0.6 is 0 Å². The topological polar surface area (TPSA) is 67.9 Å². The lowest BCUT2D eigenvalue weighted by Gasteiger charge is -2.29. The maximum absolute atomic E-state index is 5.94. The van der Waals surface area contributed by atoms with Gasteiger partial charge < -0.3 is 16.4 Å². The van der Waals surface area contributed by atoms with Crippen molar-refractivity contribution in [1.82, 2.24) is 15.1 Å². The highest BCUT2D eigenvalue weighted by Gasteiger charge is 2.21. The molecule has 1 aliphatic heterocycles. The van der Waals surface area contributed by atoms with E-state index in [4.69, 9.17) is 5.73 Å². The molecule has 5 nitrogen and oxygen atoms in total. The van der Waals surface area contributed by atoms with E-state index in [2.05, 4.69) is 20.4 Å². The second kappa shape index (κ2) is 4.43. The molecule has 0 atom stereocenters. The molecule has 0 aliphatic carbocycles. The molecule has 5 heteroatoms. The molecule has 0 radical (unpaired) electrons. The van der Waals surface area contributed by atoms with Gasteiger partial charge in [0.2, 0.25) is 0 Å². The lowest BCUT2D eigenvalue weighted by atomic mass is 10.0. The zero-order chi connectivity index (χ0) is 11.6. The molecule has 0 amide bonds.